The summed E-state index contributed by atoms with van der Waals surface area (Å²) in [6.07, 6.45) is 0.998. The fraction of sp³-hybridized carbons (Fsp3) is 0.231. The van der Waals surface area contributed by atoms with Crippen molar-refractivity contribution < 1.29 is 0 Å². The van der Waals surface area contributed by atoms with Crippen LogP contribution in [0.3, 0.4) is 0 Å². The molecule has 2 heteroatoms. The number of aryl methyl sites for hydroxylation is 1. The van der Waals surface area contributed by atoms with Crippen LogP contribution in [0.4, 0.5) is 0 Å². The Hall–Kier alpha value is -1.12. The van der Waals surface area contributed by atoms with Crippen molar-refractivity contribution in [3.8, 4) is 0 Å². The first-order chi connectivity index (χ1) is 7.29. The topological polar surface area (TPSA) is 26.0 Å². The summed E-state index contributed by atoms with van der Waals surface area (Å²) < 4.78 is 0. The maximum Gasteiger partial charge on any atom is 0.0276 e. The Morgan fingerprint density at radius 1 is 1.27 bits per heavy atom. The zero-order chi connectivity index (χ0) is 10.7. The zero-order valence-corrected chi connectivity index (χ0v) is 9.68. The third kappa shape index (κ3) is 2.46. The van der Waals surface area contributed by atoms with Crippen LogP contribution in [0.2, 0.25) is 0 Å². The molecule has 2 rings (SSSR count). The van der Waals surface area contributed by atoms with Crippen molar-refractivity contribution >= 4 is 11.3 Å². The minimum atomic E-state index is 0.652. The molecular weight excluding hydrogens is 202 g/mol. The lowest BCUT2D eigenvalue weighted by atomic mass is 10.0. The van der Waals surface area contributed by atoms with Gasteiger partial charge in [0.15, 0.2) is 0 Å². The van der Waals surface area contributed by atoms with Crippen LogP contribution in [-0.4, -0.2) is 0 Å². The van der Waals surface area contributed by atoms with Gasteiger partial charge >= 0.3 is 0 Å². The average Bonchev–Trinajstić information content (AvgIpc) is 2.65. The van der Waals surface area contributed by atoms with Crippen molar-refractivity contribution in [2.45, 2.75) is 19.9 Å². The highest BCUT2D eigenvalue weighted by Gasteiger charge is 2.03. The highest BCUT2D eigenvalue weighted by molar-refractivity contribution is 7.10. The predicted molar refractivity (Wildman–Crippen MR) is 66.2 cm³/mol. The molecule has 15 heavy (non-hydrogen) atoms. The molecule has 0 fully saturated rings. The van der Waals surface area contributed by atoms with Crippen LogP contribution in [0, 0.1) is 6.92 Å². The van der Waals surface area contributed by atoms with E-state index in [2.05, 4.69) is 42.6 Å². The number of hydrogen-bond donors (Lipinski definition) is 1. The Kier molecular flexibility index (Phi) is 3.19. The lowest BCUT2D eigenvalue weighted by Crippen LogP contribution is -1.98. The standard InChI is InChI=1S/C13H15NS/c1-10-3-2-4-11(7-10)8-12-5-6-15-13(12)9-14/h2-7H,8-9,14H2,1H3. The van der Waals surface area contributed by atoms with Crippen molar-refractivity contribution in [2.24, 2.45) is 5.73 Å². The van der Waals surface area contributed by atoms with E-state index in [9.17, 15) is 0 Å². The Morgan fingerprint density at radius 3 is 2.87 bits per heavy atom. The highest BCUT2D eigenvalue weighted by atomic mass is 32.1. The van der Waals surface area contributed by atoms with Gasteiger partial charge in [0.2, 0.25) is 0 Å². The Labute approximate surface area is 94.6 Å². The van der Waals surface area contributed by atoms with Crippen LogP contribution in [-0.2, 0) is 13.0 Å². The van der Waals surface area contributed by atoms with Gasteiger partial charge in [-0.05, 0) is 35.9 Å². The van der Waals surface area contributed by atoms with Gasteiger partial charge < -0.3 is 5.73 Å². The molecule has 0 unspecified atom stereocenters. The van der Waals surface area contributed by atoms with Crippen molar-refractivity contribution in [3.05, 3.63) is 57.3 Å². The summed E-state index contributed by atoms with van der Waals surface area (Å²) >= 11 is 1.75. The summed E-state index contributed by atoms with van der Waals surface area (Å²) in [4.78, 5) is 1.30. The van der Waals surface area contributed by atoms with Gasteiger partial charge in [0.1, 0.15) is 0 Å². The maximum absolute atomic E-state index is 5.69. The molecule has 0 atom stereocenters. The van der Waals surface area contributed by atoms with Crippen LogP contribution < -0.4 is 5.73 Å². The second-order valence-corrected chi connectivity index (χ2v) is 4.74. The van der Waals surface area contributed by atoms with E-state index >= 15 is 0 Å². The number of hydrogen-bond acceptors (Lipinski definition) is 2. The molecule has 0 amide bonds. The fourth-order valence-corrected chi connectivity index (χ4v) is 2.53. The van der Waals surface area contributed by atoms with E-state index in [0.29, 0.717) is 6.54 Å². The molecule has 1 aromatic heterocycles. The van der Waals surface area contributed by atoms with E-state index in [1.165, 1.54) is 21.6 Å². The first kappa shape index (κ1) is 10.4. The molecule has 2 N–H and O–H groups in total. The average molecular weight is 217 g/mol. The van der Waals surface area contributed by atoms with Crippen LogP contribution in [0.25, 0.3) is 0 Å². The highest BCUT2D eigenvalue weighted by Crippen LogP contribution is 2.20. The smallest absolute Gasteiger partial charge is 0.0276 e. The first-order valence-electron chi connectivity index (χ1n) is 5.10. The van der Waals surface area contributed by atoms with Crippen molar-refractivity contribution in [2.75, 3.05) is 0 Å². The maximum atomic E-state index is 5.69. The molecule has 0 aliphatic carbocycles. The molecule has 1 aromatic carbocycles. The van der Waals surface area contributed by atoms with Crippen LogP contribution in [0.5, 0.6) is 0 Å². The summed E-state index contributed by atoms with van der Waals surface area (Å²) in [5.74, 6) is 0. The van der Waals surface area contributed by atoms with Crippen molar-refractivity contribution in [3.63, 3.8) is 0 Å². The van der Waals surface area contributed by atoms with E-state index in [-0.39, 0.29) is 0 Å². The molecule has 0 aliphatic heterocycles. The van der Waals surface area contributed by atoms with E-state index in [4.69, 9.17) is 5.73 Å². The van der Waals surface area contributed by atoms with Crippen molar-refractivity contribution in [1.82, 2.24) is 0 Å². The lowest BCUT2D eigenvalue weighted by Gasteiger charge is -2.03. The van der Waals surface area contributed by atoms with Gasteiger partial charge in [-0.2, -0.15) is 0 Å². The number of thiophene rings is 1. The Morgan fingerprint density at radius 2 is 2.13 bits per heavy atom. The van der Waals surface area contributed by atoms with Crippen molar-refractivity contribution in [1.29, 1.82) is 0 Å². The van der Waals surface area contributed by atoms with Gasteiger partial charge in [-0.3, -0.25) is 0 Å². The summed E-state index contributed by atoms with van der Waals surface area (Å²) in [5, 5.41) is 2.12. The molecule has 78 valence electrons. The van der Waals surface area contributed by atoms with Gasteiger partial charge in [-0.1, -0.05) is 29.8 Å². The fourth-order valence-electron chi connectivity index (χ4n) is 1.75. The first-order valence-corrected chi connectivity index (χ1v) is 5.98. The normalized spacial score (nSPS) is 10.5. The third-order valence-electron chi connectivity index (χ3n) is 2.50. The predicted octanol–water partition coefficient (Wildman–Crippen LogP) is 3.11. The Bertz CT molecular complexity index is 445. The number of benzene rings is 1. The number of nitrogens with two attached hydrogens (primary N) is 1. The molecule has 0 saturated heterocycles. The molecule has 0 bridgehead atoms. The molecular formula is C13H15NS. The van der Waals surface area contributed by atoms with E-state index < -0.39 is 0 Å². The summed E-state index contributed by atoms with van der Waals surface area (Å²) in [6, 6.07) is 10.8. The van der Waals surface area contributed by atoms with Gasteiger partial charge in [0, 0.05) is 11.4 Å². The zero-order valence-electron chi connectivity index (χ0n) is 8.86. The van der Waals surface area contributed by atoms with Crippen LogP contribution >= 0.6 is 11.3 Å². The van der Waals surface area contributed by atoms with Crippen LogP contribution in [0.1, 0.15) is 21.6 Å². The molecule has 1 heterocycles. The van der Waals surface area contributed by atoms with Gasteiger partial charge in [0.05, 0.1) is 0 Å². The van der Waals surface area contributed by atoms with E-state index in [1.54, 1.807) is 11.3 Å². The second kappa shape index (κ2) is 4.60. The molecule has 0 aliphatic rings. The largest absolute Gasteiger partial charge is 0.326 e. The molecule has 0 saturated carbocycles. The Balaban J connectivity index is 2.22. The molecule has 0 radical (unpaired) electrons. The van der Waals surface area contributed by atoms with E-state index in [1.807, 2.05) is 0 Å². The quantitative estimate of drug-likeness (QED) is 0.840. The van der Waals surface area contributed by atoms with Gasteiger partial charge in [0.25, 0.3) is 0 Å². The molecule has 1 nitrogen and oxygen atoms in total. The van der Waals surface area contributed by atoms with E-state index in [0.717, 1.165) is 6.42 Å². The van der Waals surface area contributed by atoms with Crippen LogP contribution in [0.15, 0.2) is 35.7 Å². The SMILES string of the molecule is Cc1cccc(Cc2ccsc2CN)c1. The summed E-state index contributed by atoms with van der Waals surface area (Å²) in [5.41, 5.74) is 9.74. The summed E-state index contributed by atoms with van der Waals surface area (Å²) in [6.45, 7) is 2.78. The third-order valence-corrected chi connectivity index (χ3v) is 3.49. The minimum Gasteiger partial charge on any atom is -0.326 e. The molecule has 2 aromatic rings. The van der Waals surface area contributed by atoms with Gasteiger partial charge in [-0.15, -0.1) is 11.3 Å². The second-order valence-electron chi connectivity index (χ2n) is 3.74. The van der Waals surface area contributed by atoms with Gasteiger partial charge in [-0.25, -0.2) is 0 Å². The summed E-state index contributed by atoms with van der Waals surface area (Å²) in [7, 11) is 0. The molecule has 0 spiro atoms. The minimum absolute atomic E-state index is 0.652. The number of rotatable bonds is 3. The monoisotopic (exact) mass is 217 g/mol. The lowest BCUT2D eigenvalue weighted by molar-refractivity contribution is 1.06.